The van der Waals surface area contributed by atoms with Crippen LogP contribution in [0, 0.1) is 5.92 Å². The highest BCUT2D eigenvalue weighted by atomic mass is 16.6. The third-order valence-electron chi connectivity index (χ3n) is 2.78. The fraction of sp³-hybridized carbons (Fsp3) is 0.846. The first-order chi connectivity index (χ1) is 8.08. The van der Waals surface area contributed by atoms with E-state index in [2.05, 4.69) is 0 Å². The molecule has 0 atom stereocenters. The Balaban J connectivity index is 2.14. The molecule has 0 amide bonds. The standard InChI is InChI=1S/C13H22O4/c1-10(2)8-12(14)16-9-13(15)17-11-6-4-3-5-7-11/h10-11H,3-9H2,1-2H3. The molecule has 17 heavy (non-hydrogen) atoms. The van der Waals surface area contributed by atoms with Gasteiger partial charge < -0.3 is 9.47 Å². The van der Waals surface area contributed by atoms with Crippen molar-refractivity contribution < 1.29 is 19.1 Å². The number of hydrogen-bond donors (Lipinski definition) is 0. The molecule has 1 aliphatic carbocycles. The average Bonchev–Trinajstić information content (AvgIpc) is 2.27. The fourth-order valence-corrected chi connectivity index (χ4v) is 1.93. The molecule has 0 spiro atoms. The Labute approximate surface area is 103 Å². The number of rotatable bonds is 5. The molecule has 4 heteroatoms. The van der Waals surface area contributed by atoms with E-state index in [1.165, 1.54) is 6.42 Å². The van der Waals surface area contributed by atoms with Crippen molar-refractivity contribution in [1.29, 1.82) is 0 Å². The summed E-state index contributed by atoms with van der Waals surface area (Å²) >= 11 is 0. The van der Waals surface area contributed by atoms with Crippen LogP contribution < -0.4 is 0 Å². The zero-order valence-electron chi connectivity index (χ0n) is 10.7. The second-order valence-electron chi connectivity index (χ2n) is 5.01. The minimum Gasteiger partial charge on any atom is -0.460 e. The molecule has 0 aromatic heterocycles. The normalized spacial score (nSPS) is 16.9. The van der Waals surface area contributed by atoms with Gasteiger partial charge in [0, 0.05) is 6.42 Å². The van der Waals surface area contributed by atoms with Gasteiger partial charge in [-0.1, -0.05) is 20.3 Å². The first kappa shape index (κ1) is 14.0. The number of carbonyl (C=O) groups excluding carboxylic acids is 2. The molecule has 1 rings (SSSR count). The monoisotopic (exact) mass is 242 g/mol. The summed E-state index contributed by atoms with van der Waals surface area (Å²) in [7, 11) is 0. The zero-order valence-corrected chi connectivity index (χ0v) is 10.7. The molecular formula is C13H22O4. The SMILES string of the molecule is CC(C)CC(=O)OCC(=O)OC1CCCCC1. The van der Waals surface area contributed by atoms with Crippen LogP contribution in [0.5, 0.6) is 0 Å². The summed E-state index contributed by atoms with van der Waals surface area (Å²) in [4.78, 5) is 22.6. The number of ether oxygens (including phenoxy) is 2. The summed E-state index contributed by atoms with van der Waals surface area (Å²) in [6.45, 7) is 3.62. The molecule has 0 bridgehead atoms. The Kier molecular flexibility index (Phi) is 6.01. The second-order valence-corrected chi connectivity index (χ2v) is 5.01. The molecular weight excluding hydrogens is 220 g/mol. The average molecular weight is 242 g/mol. The van der Waals surface area contributed by atoms with Crippen molar-refractivity contribution in [3.05, 3.63) is 0 Å². The van der Waals surface area contributed by atoms with Crippen LogP contribution >= 0.6 is 0 Å². The molecule has 0 aromatic carbocycles. The maximum Gasteiger partial charge on any atom is 0.344 e. The summed E-state index contributed by atoms with van der Waals surface area (Å²) in [6, 6.07) is 0. The van der Waals surface area contributed by atoms with E-state index in [0.29, 0.717) is 6.42 Å². The molecule has 1 fully saturated rings. The van der Waals surface area contributed by atoms with Crippen LogP contribution in [-0.4, -0.2) is 24.6 Å². The maximum atomic E-state index is 11.4. The van der Waals surface area contributed by atoms with Crippen molar-refractivity contribution in [2.45, 2.75) is 58.5 Å². The first-order valence-corrected chi connectivity index (χ1v) is 6.43. The highest BCUT2D eigenvalue weighted by molar-refractivity contribution is 5.76. The quantitative estimate of drug-likeness (QED) is 0.695. The Bertz CT molecular complexity index is 254. The van der Waals surface area contributed by atoms with Gasteiger partial charge in [-0.05, 0) is 31.6 Å². The fourth-order valence-electron chi connectivity index (χ4n) is 1.93. The van der Waals surface area contributed by atoms with E-state index in [9.17, 15) is 9.59 Å². The van der Waals surface area contributed by atoms with Crippen molar-refractivity contribution in [1.82, 2.24) is 0 Å². The molecule has 0 heterocycles. The maximum absolute atomic E-state index is 11.4. The molecule has 1 saturated carbocycles. The second kappa shape index (κ2) is 7.30. The predicted octanol–water partition coefficient (Wildman–Crippen LogP) is 2.45. The highest BCUT2D eigenvalue weighted by Gasteiger charge is 2.18. The molecule has 0 radical (unpaired) electrons. The summed E-state index contributed by atoms with van der Waals surface area (Å²) in [6.07, 6.45) is 5.70. The van der Waals surface area contributed by atoms with E-state index in [0.717, 1.165) is 25.7 Å². The third-order valence-corrected chi connectivity index (χ3v) is 2.78. The lowest BCUT2D eigenvalue weighted by Crippen LogP contribution is -2.24. The molecule has 98 valence electrons. The molecule has 0 aliphatic heterocycles. The van der Waals surface area contributed by atoms with Crippen LogP contribution in [-0.2, 0) is 19.1 Å². The van der Waals surface area contributed by atoms with Gasteiger partial charge in [0.25, 0.3) is 0 Å². The van der Waals surface area contributed by atoms with Crippen LogP contribution in [0.1, 0.15) is 52.4 Å². The van der Waals surface area contributed by atoms with Gasteiger partial charge >= 0.3 is 11.9 Å². The summed E-state index contributed by atoms with van der Waals surface area (Å²) < 4.78 is 10.1. The van der Waals surface area contributed by atoms with Gasteiger partial charge in [-0.2, -0.15) is 0 Å². The summed E-state index contributed by atoms with van der Waals surface area (Å²) in [5, 5.41) is 0. The smallest absolute Gasteiger partial charge is 0.344 e. The van der Waals surface area contributed by atoms with Gasteiger partial charge in [0.2, 0.25) is 0 Å². The van der Waals surface area contributed by atoms with E-state index < -0.39 is 5.97 Å². The van der Waals surface area contributed by atoms with E-state index in [-0.39, 0.29) is 24.6 Å². The van der Waals surface area contributed by atoms with Crippen LogP contribution in [0.25, 0.3) is 0 Å². The van der Waals surface area contributed by atoms with Crippen molar-refractivity contribution in [2.75, 3.05) is 6.61 Å². The van der Waals surface area contributed by atoms with Crippen LogP contribution in [0.15, 0.2) is 0 Å². The van der Waals surface area contributed by atoms with Crippen LogP contribution in [0.2, 0.25) is 0 Å². The van der Waals surface area contributed by atoms with E-state index in [1.807, 2.05) is 13.8 Å². The van der Waals surface area contributed by atoms with E-state index in [4.69, 9.17) is 9.47 Å². The van der Waals surface area contributed by atoms with Crippen molar-refractivity contribution in [3.63, 3.8) is 0 Å². The number of esters is 2. The Hall–Kier alpha value is -1.06. The lowest BCUT2D eigenvalue weighted by atomic mass is 9.98. The predicted molar refractivity (Wildman–Crippen MR) is 63.4 cm³/mol. The zero-order chi connectivity index (χ0) is 12.7. The molecule has 0 unspecified atom stereocenters. The number of carbonyl (C=O) groups is 2. The molecule has 1 aliphatic rings. The minimum atomic E-state index is -0.422. The molecule has 0 saturated heterocycles. The molecule has 0 N–H and O–H groups in total. The lowest BCUT2D eigenvalue weighted by molar-refractivity contribution is -0.163. The third kappa shape index (κ3) is 6.29. The van der Waals surface area contributed by atoms with Gasteiger partial charge in [-0.15, -0.1) is 0 Å². The minimum absolute atomic E-state index is 0.0278. The van der Waals surface area contributed by atoms with Crippen molar-refractivity contribution >= 4 is 11.9 Å². The van der Waals surface area contributed by atoms with Gasteiger partial charge in [0.1, 0.15) is 6.10 Å². The van der Waals surface area contributed by atoms with Gasteiger partial charge in [-0.3, -0.25) is 4.79 Å². The van der Waals surface area contributed by atoms with Crippen molar-refractivity contribution in [2.24, 2.45) is 5.92 Å². The molecule has 0 aromatic rings. The highest BCUT2D eigenvalue weighted by Crippen LogP contribution is 2.20. The number of hydrogen-bond acceptors (Lipinski definition) is 4. The van der Waals surface area contributed by atoms with E-state index >= 15 is 0 Å². The topological polar surface area (TPSA) is 52.6 Å². The summed E-state index contributed by atoms with van der Waals surface area (Å²) in [5.41, 5.74) is 0. The van der Waals surface area contributed by atoms with Gasteiger partial charge in [0.05, 0.1) is 0 Å². The van der Waals surface area contributed by atoms with Gasteiger partial charge in [0.15, 0.2) is 6.61 Å². The lowest BCUT2D eigenvalue weighted by Gasteiger charge is -2.21. The summed E-state index contributed by atoms with van der Waals surface area (Å²) in [5.74, 6) is -0.508. The Morgan fingerprint density at radius 2 is 1.76 bits per heavy atom. The first-order valence-electron chi connectivity index (χ1n) is 6.43. The van der Waals surface area contributed by atoms with E-state index in [1.54, 1.807) is 0 Å². The van der Waals surface area contributed by atoms with Gasteiger partial charge in [-0.25, -0.2) is 4.79 Å². The Morgan fingerprint density at radius 1 is 1.12 bits per heavy atom. The largest absolute Gasteiger partial charge is 0.460 e. The van der Waals surface area contributed by atoms with Crippen molar-refractivity contribution in [3.8, 4) is 0 Å². The molecule has 4 nitrogen and oxygen atoms in total. The van der Waals surface area contributed by atoms with Crippen LogP contribution in [0.4, 0.5) is 0 Å². The Morgan fingerprint density at radius 3 is 2.35 bits per heavy atom. The van der Waals surface area contributed by atoms with Crippen LogP contribution in [0.3, 0.4) is 0 Å².